The molecule has 0 saturated heterocycles. The first-order valence-corrected chi connectivity index (χ1v) is 23.0. The monoisotopic (exact) mass is 855 g/mol. The zero-order valence-electron chi connectivity index (χ0n) is 36.8. The number of carboxylic acids is 1. The molecule has 0 heterocycles. The first-order valence-electron chi connectivity index (χ1n) is 23.0. The van der Waals surface area contributed by atoms with Gasteiger partial charge in [-0.05, 0) is 104 Å². The van der Waals surface area contributed by atoms with Crippen LogP contribution in [0.1, 0.15) is 109 Å². The highest BCUT2D eigenvalue weighted by molar-refractivity contribution is 6.02. The van der Waals surface area contributed by atoms with Crippen LogP contribution in [0.3, 0.4) is 0 Å². The minimum Gasteiger partial charge on any atom is -0.478 e. The predicted molar refractivity (Wildman–Crippen MR) is 237 cm³/mol. The van der Waals surface area contributed by atoms with E-state index in [1.54, 1.807) is 12.2 Å². The maximum Gasteiger partial charge on any atom is 0.331 e. The summed E-state index contributed by atoms with van der Waals surface area (Å²) in [6.07, 6.45) is 12.0. The fraction of sp³-hybridized carbons (Fsp3) is 0.577. The van der Waals surface area contributed by atoms with E-state index in [2.05, 4.69) is 50.0 Å². The molecule has 63 heavy (non-hydrogen) atoms. The molecule has 3 saturated carbocycles. The molecule has 10 rings (SSSR count). The van der Waals surface area contributed by atoms with E-state index in [1.807, 2.05) is 25.1 Å². The van der Waals surface area contributed by atoms with Gasteiger partial charge >= 0.3 is 5.97 Å². The summed E-state index contributed by atoms with van der Waals surface area (Å²) in [5.74, 6) is 2.82. The van der Waals surface area contributed by atoms with E-state index in [4.69, 9.17) is 16.5 Å². The summed E-state index contributed by atoms with van der Waals surface area (Å²) in [7, 11) is 0. The van der Waals surface area contributed by atoms with Crippen molar-refractivity contribution in [2.75, 3.05) is 6.61 Å². The molecule has 9 aliphatic carbocycles. The third kappa shape index (κ3) is 5.02. The molecule has 0 amide bonds. The average molecular weight is 856 g/mol. The molecule has 1 aromatic carbocycles. The van der Waals surface area contributed by atoms with Crippen molar-refractivity contribution in [3.8, 4) is 11.8 Å². The molecule has 2 spiro atoms. The number of ketones is 2. The third-order valence-electron chi connectivity index (χ3n) is 19.1. The first-order chi connectivity index (χ1) is 29.7. The number of hydrogen-bond donors (Lipinski definition) is 7. The van der Waals surface area contributed by atoms with Crippen LogP contribution in [0.5, 0.6) is 0 Å². The van der Waals surface area contributed by atoms with Crippen LogP contribution in [-0.4, -0.2) is 78.5 Å². The van der Waals surface area contributed by atoms with Crippen LogP contribution in [0.4, 0.5) is 0 Å². The Morgan fingerprint density at radius 3 is 2.43 bits per heavy atom. The van der Waals surface area contributed by atoms with Gasteiger partial charge in [0.15, 0.2) is 11.7 Å². The van der Waals surface area contributed by atoms with E-state index < -0.39 is 79.6 Å². The van der Waals surface area contributed by atoms with Crippen LogP contribution in [0, 0.1) is 62.6 Å². The molecular formula is C52H61N3O8. The SMILES string of the molecule is CC(C(=O)O)=C1CCC2(N=C(N)N)C=CC3(CC4(O)C=CC5(O)C6=C7C(=O)CC3(C)C64CCC#CCC3(C)C(=O)CCC7(C)C3C5C3=Cc4ccccc4CC3)C(CCO)C2C1O. The number of guanidine groups is 1. The predicted octanol–water partition coefficient (Wildman–Crippen LogP) is 5.26. The third-order valence-corrected chi connectivity index (χ3v) is 19.1. The van der Waals surface area contributed by atoms with Crippen LogP contribution < -0.4 is 11.5 Å². The minimum atomic E-state index is -1.79. The smallest absolute Gasteiger partial charge is 0.331 e. The number of carboxylic acid groups (broad SMARTS) is 1. The molecule has 13 atom stereocenters. The normalized spacial score (nSPS) is 46.0. The number of aliphatic hydroxyl groups excluding tert-OH is 2. The van der Waals surface area contributed by atoms with Crippen LogP contribution in [0.2, 0.25) is 0 Å². The van der Waals surface area contributed by atoms with E-state index in [1.165, 1.54) is 12.5 Å². The van der Waals surface area contributed by atoms with Gasteiger partial charge < -0.3 is 37.0 Å². The topological polar surface area (TPSA) is 217 Å². The Labute approximate surface area is 369 Å². The Bertz CT molecular complexity index is 2540. The molecule has 0 radical (unpaired) electrons. The van der Waals surface area contributed by atoms with Crippen LogP contribution in [-0.2, 0) is 20.8 Å². The van der Waals surface area contributed by atoms with Crippen molar-refractivity contribution < 1.29 is 39.9 Å². The van der Waals surface area contributed by atoms with E-state index >= 15 is 4.79 Å². The molecule has 0 aliphatic heterocycles. The van der Waals surface area contributed by atoms with Gasteiger partial charge in [0, 0.05) is 76.9 Å². The number of hydrogen-bond acceptors (Lipinski definition) is 8. The largest absolute Gasteiger partial charge is 0.478 e. The summed E-state index contributed by atoms with van der Waals surface area (Å²) in [5, 5.41) is 62.2. The Morgan fingerprint density at radius 2 is 1.70 bits per heavy atom. The average Bonchev–Trinajstić information content (AvgIpc) is 3.38. The lowest BCUT2D eigenvalue weighted by molar-refractivity contribution is -0.171. The molecule has 9 aliphatic rings. The molecule has 11 nitrogen and oxygen atoms in total. The molecule has 11 heteroatoms. The highest BCUT2D eigenvalue weighted by atomic mass is 16.4. The zero-order valence-corrected chi connectivity index (χ0v) is 36.8. The standard InChI is InChI=1S/C52H61N3O8/c1-29(43(60)61)33-14-20-49(55-44(53)54)22-21-48(34(16-25-56)38(49)40(33)59)28-50(62)23-24-51(63)37(32-13-12-30-10-6-7-11-31(30)26-32)41-45(2)17-8-5-9-18-52(50)42(51)39(35(57)27-47(48,52)4)46(41,3)19-15-36(45)58/h6-7,10-11,21-24,26,34,37-38,40-41,56,59,62-63H,9,12-20,25,27-28H2,1-4H3,(H,60,61)(H4,53,54,55). The number of carbonyl (C=O) groups is 3. The van der Waals surface area contributed by atoms with Gasteiger partial charge in [0.2, 0.25) is 0 Å². The summed E-state index contributed by atoms with van der Waals surface area (Å²) < 4.78 is 0. The number of fused-ring (bicyclic) bond motifs is 4. The second-order valence-corrected chi connectivity index (χ2v) is 21.5. The van der Waals surface area contributed by atoms with Crippen molar-refractivity contribution in [3.05, 3.63) is 87.6 Å². The molecule has 4 bridgehead atoms. The van der Waals surface area contributed by atoms with Gasteiger partial charge in [-0.2, -0.15) is 0 Å². The van der Waals surface area contributed by atoms with Gasteiger partial charge in [0.05, 0.1) is 17.2 Å². The van der Waals surface area contributed by atoms with Gasteiger partial charge in [0.1, 0.15) is 11.4 Å². The first kappa shape index (κ1) is 42.4. The second kappa shape index (κ2) is 13.5. The quantitative estimate of drug-likeness (QED) is 0.0670. The summed E-state index contributed by atoms with van der Waals surface area (Å²) in [5.41, 5.74) is 6.96. The maximum atomic E-state index is 16.0. The number of aliphatic hydroxyl groups is 4. The number of aryl methyl sites for hydroxylation is 1. The summed E-state index contributed by atoms with van der Waals surface area (Å²) in [6, 6.07) is 8.26. The number of carbonyl (C=O) groups excluding carboxylic acids is 2. The summed E-state index contributed by atoms with van der Waals surface area (Å²) in [6.45, 7) is 7.37. The van der Waals surface area contributed by atoms with Crippen molar-refractivity contribution in [2.45, 2.75) is 128 Å². The van der Waals surface area contributed by atoms with Crippen molar-refractivity contribution in [1.29, 1.82) is 0 Å². The number of aliphatic imine (C=N–C) groups is 1. The highest BCUT2D eigenvalue weighted by Crippen LogP contribution is 2.84. The van der Waals surface area contributed by atoms with Crippen molar-refractivity contribution in [2.24, 2.45) is 67.2 Å². The lowest BCUT2D eigenvalue weighted by Gasteiger charge is -2.70. The number of nitrogens with two attached hydrogens (primary N) is 2. The Balaban J connectivity index is 1.29. The van der Waals surface area contributed by atoms with E-state index in [0.29, 0.717) is 42.4 Å². The van der Waals surface area contributed by atoms with E-state index in [9.17, 15) is 35.1 Å². The molecule has 9 N–H and O–H groups in total. The minimum absolute atomic E-state index is 0.0135. The van der Waals surface area contributed by atoms with E-state index in [0.717, 1.165) is 17.6 Å². The summed E-state index contributed by atoms with van der Waals surface area (Å²) in [4.78, 5) is 47.8. The fourth-order valence-electron chi connectivity index (χ4n) is 16.7. The van der Waals surface area contributed by atoms with E-state index in [-0.39, 0.29) is 74.7 Å². The number of rotatable bonds is 5. The lowest BCUT2D eigenvalue weighted by Crippen LogP contribution is -2.71. The Hall–Kier alpha value is -4.60. The van der Waals surface area contributed by atoms with Gasteiger partial charge in [-0.3, -0.25) is 9.59 Å². The molecule has 332 valence electrons. The zero-order chi connectivity index (χ0) is 44.9. The van der Waals surface area contributed by atoms with Crippen LogP contribution in [0.25, 0.3) is 6.08 Å². The number of Topliss-reactive ketones (excluding diaryl/α,β-unsaturated/α-hetero) is 2. The van der Waals surface area contributed by atoms with Crippen LogP contribution >= 0.6 is 0 Å². The molecule has 1 aromatic rings. The lowest BCUT2D eigenvalue weighted by atomic mass is 9.33. The van der Waals surface area contributed by atoms with Gasteiger partial charge in [-0.15, -0.1) is 11.8 Å². The van der Waals surface area contributed by atoms with Gasteiger partial charge in [-0.25, -0.2) is 9.79 Å². The van der Waals surface area contributed by atoms with Crippen molar-refractivity contribution in [3.63, 3.8) is 0 Å². The summed E-state index contributed by atoms with van der Waals surface area (Å²) >= 11 is 0. The van der Waals surface area contributed by atoms with Gasteiger partial charge in [0.25, 0.3) is 0 Å². The number of benzene rings is 1. The Morgan fingerprint density at radius 1 is 0.937 bits per heavy atom. The Kier molecular flexibility index (Phi) is 9.06. The molecular weight excluding hydrogens is 795 g/mol. The van der Waals surface area contributed by atoms with Crippen molar-refractivity contribution in [1.82, 2.24) is 0 Å². The van der Waals surface area contributed by atoms with Gasteiger partial charge in [-0.1, -0.05) is 74.9 Å². The van der Waals surface area contributed by atoms with Crippen molar-refractivity contribution >= 4 is 29.6 Å². The number of allylic oxidation sites excluding steroid dienone is 2. The fourth-order valence-corrected chi connectivity index (χ4v) is 16.7. The number of aliphatic carboxylic acids is 1. The molecule has 0 aromatic heterocycles. The molecule has 13 unspecified atom stereocenters. The highest BCUT2D eigenvalue weighted by Gasteiger charge is 2.84. The number of nitrogens with zero attached hydrogens (tertiary/aromatic N) is 1. The maximum absolute atomic E-state index is 16.0. The second-order valence-electron chi connectivity index (χ2n) is 21.5. The molecule has 3 fully saturated rings. The van der Waals surface area contributed by atoms with Crippen LogP contribution in [0.15, 0.2) is 81.4 Å².